The van der Waals surface area contributed by atoms with Crippen molar-refractivity contribution < 1.29 is 12.8 Å². The van der Waals surface area contributed by atoms with Crippen molar-refractivity contribution in [3.63, 3.8) is 0 Å². The summed E-state index contributed by atoms with van der Waals surface area (Å²) >= 11 is 1.65. The van der Waals surface area contributed by atoms with Gasteiger partial charge in [0.15, 0.2) is 0 Å². The molecule has 0 saturated carbocycles. The Labute approximate surface area is 164 Å². The second kappa shape index (κ2) is 8.00. The molecular weight excluding hydrogens is 378 g/mol. The third-order valence-corrected chi connectivity index (χ3v) is 7.84. The summed E-state index contributed by atoms with van der Waals surface area (Å²) in [6.07, 6.45) is 6.60. The lowest BCUT2D eigenvalue weighted by Gasteiger charge is -2.23. The van der Waals surface area contributed by atoms with Gasteiger partial charge in [-0.15, -0.1) is 11.3 Å². The lowest BCUT2D eigenvalue weighted by molar-refractivity contribution is 0.366. The number of hydrogen-bond donors (Lipinski definition) is 0. The molecule has 1 aromatic carbocycles. The monoisotopic (exact) mass is 401 g/mol. The van der Waals surface area contributed by atoms with Crippen LogP contribution in [0.5, 0.6) is 0 Å². The minimum absolute atomic E-state index is 0.248. The van der Waals surface area contributed by atoms with E-state index in [2.05, 4.69) is 0 Å². The SMILES string of the molecule is O=S(=O)(c1ccc2c(c1)CCCC2)N(CCc1cccs1)Cc1ccco1. The Morgan fingerprint density at radius 3 is 2.63 bits per heavy atom. The molecule has 0 atom stereocenters. The predicted octanol–water partition coefficient (Wildman–Crippen LogP) is 4.65. The first kappa shape index (κ1) is 18.5. The maximum atomic E-state index is 13.4. The first-order chi connectivity index (χ1) is 13.1. The highest BCUT2D eigenvalue weighted by molar-refractivity contribution is 7.89. The summed E-state index contributed by atoms with van der Waals surface area (Å²) in [5, 5.41) is 2.02. The van der Waals surface area contributed by atoms with Gasteiger partial charge in [0.1, 0.15) is 5.76 Å². The zero-order valence-corrected chi connectivity index (χ0v) is 16.8. The van der Waals surface area contributed by atoms with E-state index in [4.69, 9.17) is 4.42 Å². The fraction of sp³-hybridized carbons (Fsp3) is 0.333. The molecule has 0 amide bonds. The van der Waals surface area contributed by atoms with Crippen molar-refractivity contribution in [1.82, 2.24) is 4.31 Å². The zero-order chi connectivity index (χ0) is 18.7. The van der Waals surface area contributed by atoms with Crippen molar-refractivity contribution in [2.75, 3.05) is 6.54 Å². The second-order valence-electron chi connectivity index (χ2n) is 6.88. The van der Waals surface area contributed by atoms with Gasteiger partial charge in [-0.1, -0.05) is 12.1 Å². The Morgan fingerprint density at radius 1 is 1.04 bits per heavy atom. The van der Waals surface area contributed by atoms with E-state index in [1.54, 1.807) is 29.7 Å². The molecule has 0 unspecified atom stereocenters. The van der Waals surface area contributed by atoms with Gasteiger partial charge in [0.05, 0.1) is 17.7 Å². The van der Waals surface area contributed by atoms with Crippen molar-refractivity contribution in [3.8, 4) is 0 Å². The Kier molecular flexibility index (Phi) is 5.48. The summed E-state index contributed by atoms with van der Waals surface area (Å²) in [6.45, 7) is 0.679. The zero-order valence-electron chi connectivity index (χ0n) is 15.1. The first-order valence-electron chi connectivity index (χ1n) is 9.30. The number of aryl methyl sites for hydroxylation is 2. The summed E-state index contributed by atoms with van der Waals surface area (Å²) < 4.78 is 33.7. The number of fused-ring (bicyclic) bond motifs is 1. The van der Waals surface area contributed by atoms with Crippen molar-refractivity contribution >= 4 is 21.4 Å². The van der Waals surface area contributed by atoms with E-state index < -0.39 is 10.0 Å². The molecule has 1 aliphatic carbocycles. The van der Waals surface area contributed by atoms with E-state index in [9.17, 15) is 8.42 Å². The van der Waals surface area contributed by atoms with Crippen molar-refractivity contribution in [2.45, 2.75) is 43.5 Å². The van der Waals surface area contributed by atoms with Crippen LogP contribution >= 0.6 is 11.3 Å². The van der Waals surface area contributed by atoms with E-state index in [0.717, 1.165) is 19.3 Å². The normalized spacial score (nSPS) is 14.4. The lowest BCUT2D eigenvalue weighted by atomic mass is 9.92. The highest BCUT2D eigenvalue weighted by Crippen LogP contribution is 2.27. The van der Waals surface area contributed by atoms with Crippen LogP contribution in [0.2, 0.25) is 0 Å². The fourth-order valence-electron chi connectivity index (χ4n) is 3.57. The molecule has 1 aliphatic rings. The number of hydrogen-bond acceptors (Lipinski definition) is 4. The number of thiophene rings is 1. The van der Waals surface area contributed by atoms with Gasteiger partial charge in [0.25, 0.3) is 0 Å². The summed E-state index contributed by atoms with van der Waals surface area (Å²) in [5.41, 5.74) is 2.47. The minimum atomic E-state index is -3.59. The molecule has 0 saturated heterocycles. The second-order valence-corrected chi connectivity index (χ2v) is 9.86. The number of furan rings is 1. The molecule has 0 bridgehead atoms. The summed E-state index contributed by atoms with van der Waals surface area (Å²) in [4.78, 5) is 1.57. The van der Waals surface area contributed by atoms with Crippen molar-refractivity contribution in [1.29, 1.82) is 0 Å². The van der Waals surface area contributed by atoms with Crippen LogP contribution in [-0.2, 0) is 35.8 Å². The van der Waals surface area contributed by atoms with Crippen LogP contribution in [0.1, 0.15) is 34.6 Å². The van der Waals surface area contributed by atoms with Gasteiger partial charge in [-0.05, 0) is 78.9 Å². The number of benzene rings is 1. The standard InChI is InChI=1S/C21H23NO3S2/c23-27(24,21-10-9-17-5-1-2-6-18(17)15-21)22(16-19-7-3-13-25-19)12-11-20-8-4-14-26-20/h3-4,7-10,13-15H,1-2,5-6,11-12,16H2. The maximum Gasteiger partial charge on any atom is 0.243 e. The average Bonchev–Trinajstić information content (AvgIpc) is 3.38. The molecule has 4 nitrogen and oxygen atoms in total. The van der Waals surface area contributed by atoms with Crippen LogP contribution in [0.4, 0.5) is 0 Å². The molecule has 142 valence electrons. The molecule has 0 radical (unpaired) electrons. The molecular formula is C21H23NO3S2. The van der Waals surface area contributed by atoms with E-state index in [1.165, 1.54) is 26.7 Å². The third-order valence-electron chi connectivity index (χ3n) is 5.06. The van der Waals surface area contributed by atoms with Gasteiger partial charge in [-0.2, -0.15) is 4.31 Å². The molecule has 0 N–H and O–H groups in total. The molecule has 27 heavy (non-hydrogen) atoms. The Morgan fingerprint density at radius 2 is 1.89 bits per heavy atom. The molecule has 0 aliphatic heterocycles. The number of rotatable bonds is 7. The minimum Gasteiger partial charge on any atom is -0.468 e. The van der Waals surface area contributed by atoms with Crippen molar-refractivity contribution in [2.24, 2.45) is 0 Å². The summed E-state index contributed by atoms with van der Waals surface area (Å²) in [6, 6.07) is 13.3. The van der Waals surface area contributed by atoms with E-state index >= 15 is 0 Å². The molecule has 6 heteroatoms. The largest absolute Gasteiger partial charge is 0.468 e. The van der Waals surface area contributed by atoms with E-state index in [1.807, 2.05) is 35.7 Å². The molecule has 0 fully saturated rings. The highest BCUT2D eigenvalue weighted by atomic mass is 32.2. The van der Waals surface area contributed by atoms with Gasteiger partial charge < -0.3 is 4.42 Å². The van der Waals surface area contributed by atoms with Crippen LogP contribution in [0.15, 0.2) is 63.4 Å². The Bertz CT molecular complexity index is 977. The van der Waals surface area contributed by atoms with E-state index in [0.29, 0.717) is 23.6 Å². The number of nitrogens with zero attached hydrogens (tertiary/aromatic N) is 1. The average molecular weight is 402 g/mol. The van der Waals surface area contributed by atoms with Crippen LogP contribution in [0.3, 0.4) is 0 Å². The Balaban J connectivity index is 1.62. The molecule has 2 aromatic heterocycles. The van der Waals surface area contributed by atoms with Crippen LogP contribution < -0.4 is 0 Å². The molecule has 4 rings (SSSR count). The van der Waals surface area contributed by atoms with Gasteiger partial charge in [0.2, 0.25) is 10.0 Å². The molecule has 3 aromatic rings. The van der Waals surface area contributed by atoms with Crippen LogP contribution in [0, 0.1) is 0 Å². The lowest BCUT2D eigenvalue weighted by Crippen LogP contribution is -2.32. The molecule has 0 spiro atoms. The van der Waals surface area contributed by atoms with Gasteiger partial charge >= 0.3 is 0 Å². The van der Waals surface area contributed by atoms with Gasteiger partial charge in [0, 0.05) is 11.4 Å². The van der Waals surface area contributed by atoms with Gasteiger partial charge in [-0.25, -0.2) is 8.42 Å². The summed E-state index contributed by atoms with van der Waals surface area (Å²) in [7, 11) is -3.59. The van der Waals surface area contributed by atoms with E-state index in [-0.39, 0.29) is 6.54 Å². The Hall–Kier alpha value is -1.89. The first-order valence-corrected chi connectivity index (χ1v) is 11.6. The van der Waals surface area contributed by atoms with Crippen molar-refractivity contribution in [3.05, 3.63) is 75.9 Å². The van der Waals surface area contributed by atoms with Gasteiger partial charge in [-0.3, -0.25) is 0 Å². The topological polar surface area (TPSA) is 50.5 Å². The smallest absolute Gasteiger partial charge is 0.243 e. The maximum absolute atomic E-state index is 13.4. The van der Waals surface area contributed by atoms with Crippen LogP contribution in [-0.4, -0.2) is 19.3 Å². The quantitative estimate of drug-likeness (QED) is 0.579. The highest BCUT2D eigenvalue weighted by Gasteiger charge is 2.26. The van der Waals surface area contributed by atoms with Crippen LogP contribution in [0.25, 0.3) is 0 Å². The third kappa shape index (κ3) is 4.18. The predicted molar refractivity (Wildman–Crippen MR) is 107 cm³/mol. The molecule has 2 heterocycles. The summed E-state index contributed by atoms with van der Waals surface area (Å²) in [5.74, 6) is 0.655. The fourth-order valence-corrected chi connectivity index (χ4v) is 5.73. The number of sulfonamides is 1.